The van der Waals surface area contributed by atoms with Crippen LogP contribution in [0.1, 0.15) is 5.56 Å². The van der Waals surface area contributed by atoms with Gasteiger partial charge in [0.2, 0.25) is 5.16 Å². The third-order valence-electron chi connectivity index (χ3n) is 3.14. The molecule has 26 heavy (non-hydrogen) atoms. The van der Waals surface area contributed by atoms with Gasteiger partial charge < -0.3 is 0 Å². The molecule has 0 aliphatic rings. The van der Waals surface area contributed by atoms with E-state index >= 15 is 0 Å². The summed E-state index contributed by atoms with van der Waals surface area (Å²) in [4.78, 5) is 9.02. The van der Waals surface area contributed by atoms with Crippen LogP contribution in [0.2, 0.25) is 0 Å². The Morgan fingerprint density at radius 3 is 2.65 bits per heavy atom. The van der Waals surface area contributed by atoms with Gasteiger partial charge in [-0.1, -0.05) is 45.7 Å². The summed E-state index contributed by atoms with van der Waals surface area (Å²) in [7, 11) is 1.72. The highest BCUT2D eigenvalue weighted by Crippen LogP contribution is 2.34. The van der Waals surface area contributed by atoms with E-state index in [1.165, 1.54) is 28.2 Å². The molecule has 10 heteroatoms. The summed E-state index contributed by atoms with van der Waals surface area (Å²) in [6.07, 6.45) is 5.35. The van der Waals surface area contributed by atoms with E-state index in [4.69, 9.17) is 6.42 Å². The second kappa shape index (κ2) is 8.32. The zero-order valence-electron chi connectivity index (χ0n) is 13.4. The molecule has 2 heterocycles. The fourth-order valence-electron chi connectivity index (χ4n) is 1.98. The van der Waals surface area contributed by atoms with E-state index in [1.54, 1.807) is 7.05 Å². The highest BCUT2D eigenvalue weighted by molar-refractivity contribution is 9.10. The van der Waals surface area contributed by atoms with Gasteiger partial charge in [0.05, 0.1) is 11.4 Å². The van der Waals surface area contributed by atoms with E-state index in [1.807, 2.05) is 24.3 Å². The number of aromatic nitrogens is 6. The summed E-state index contributed by atoms with van der Waals surface area (Å²) in [6, 6.07) is 9.78. The minimum atomic E-state index is 0.366. The van der Waals surface area contributed by atoms with Crippen molar-refractivity contribution < 1.29 is 0 Å². The van der Waals surface area contributed by atoms with E-state index in [0.717, 1.165) is 10.0 Å². The van der Waals surface area contributed by atoms with Crippen molar-refractivity contribution >= 4 is 39.5 Å². The fourth-order valence-corrected chi connectivity index (χ4v) is 3.62. The molecule has 0 unspecified atom stereocenters. The first-order valence-corrected chi connectivity index (χ1v) is 9.76. The predicted molar refractivity (Wildman–Crippen MR) is 102 cm³/mol. The highest BCUT2D eigenvalue weighted by atomic mass is 79.9. The Morgan fingerprint density at radius 1 is 1.27 bits per heavy atom. The van der Waals surface area contributed by atoms with Gasteiger partial charge in [-0.3, -0.25) is 0 Å². The molecule has 3 rings (SSSR count). The van der Waals surface area contributed by atoms with Crippen LogP contribution < -0.4 is 0 Å². The number of nitrogens with zero attached hydrogens (tertiary/aromatic N) is 7. The van der Waals surface area contributed by atoms with Gasteiger partial charge >= 0.3 is 0 Å². The lowest BCUT2D eigenvalue weighted by molar-refractivity contribution is 0.664. The molecule has 3 aromatic rings. The third-order valence-corrected chi connectivity index (χ3v) is 5.44. The SMILES string of the molecule is C#CCSc1nc(Sc2nnnn2C)c(C#N)c(-c2ccc(Br)cc2)n1. The zero-order valence-corrected chi connectivity index (χ0v) is 16.6. The van der Waals surface area contributed by atoms with Crippen LogP contribution >= 0.6 is 39.5 Å². The smallest absolute Gasteiger partial charge is 0.215 e. The quantitative estimate of drug-likeness (QED) is 0.256. The molecule has 0 radical (unpaired) electrons. The number of aryl methyl sites for hydroxylation is 1. The molecule has 2 aromatic heterocycles. The number of halogens is 1. The van der Waals surface area contributed by atoms with Crippen LogP contribution in [0, 0.1) is 23.7 Å². The number of nitriles is 1. The van der Waals surface area contributed by atoms with Gasteiger partial charge in [0.15, 0.2) is 5.16 Å². The van der Waals surface area contributed by atoms with Gasteiger partial charge in [-0.2, -0.15) is 5.26 Å². The molecule has 0 spiro atoms. The molecule has 0 N–H and O–H groups in total. The second-order valence-electron chi connectivity index (χ2n) is 4.83. The van der Waals surface area contributed by atoms with E-state index in [9.17, 15) is 5.26 Å². The predicted octanol–water partition coefficient (Wildman–Crippen LogP) is 3.18. The van der Waals surface area contributed by atoms with Gasteiger partial charge in [0.25, 0.3) is 0 Å². The first-order valence-electron chi connectivity index (χ1n) is 7.17. The number of hydrogen-bond acceptors (Lipinski definition) is 8. The van der Waals surface area contributed by atoms with Crippen molar-refractivity contribution in [3.05, 3.63) is 34.3 Å². The Balaban J connectivity index is 2.14. The molecule has 0 amide bonds. The molecule has 0 saturated heterocycles. The topological polar surface area (TPSA) is 93.2 Å². The first-order chi connectivity index (χ1) is 12.6. The maximum absolute atomic E-state index is 9.73. The lowest BCUT2D eigenvalue weighted by Crippen LogP contribution is -2.01. The monoisotopic (exact) mass is 443 g/mol. The summed E-state index contributed by atoms with van der Waals surface area (Å²) in [5.41, 5.74) is 1.73. The average molecular weight is 444 g/mol. The Hall–Kier alpha value is -2.40. The zero-order chi connectivity index (χ0) is 18.5. The number of thioether (sulfide) groups is 1. The van der Waals surface area contributed by atoms with Crippen molar-refractivity contribution in [1.82, 2.24) is 30.2 Å². The van der Waals surface area contributed by atoms with Crippen LogP contribution in [0.4, 0.5) is 0 Å². The normalized spacial score (nSPS) is 10.3. The van der Waals surface area contributed by atoms with Crippen LogP contribution in [0.15, 0.2) is 44.1 Å². The minimum Gasteiger partial charge on any atom is -0.223 e. The third kappa shape index (κ3) is 4.05. The lowest BCUT2D eigenvalue weighted by atomic mass is 10.1. The maximum Gasteiger partial charge on any atom is 0.215 e. The standard InChI is InChI=1S/C16H10BrN7S2/c1-3-8-25-15-19-13(10-4-6-11(17)7-5-10)12(9-18)14(20-15)26-16-21-22-23-24(16)2/h1,4-7H,8H2,2H3. The van der Waals surface area contributed by atoms with E-state index in [-0.39, 0.29) is 0 Å². The molecule has 128 valence electrons. The van der Waals surface area contributed by atoms with Crippen LogP contribution in [0.5, 0.6) is 0 Å². The molecule has 0 saturated carbocycles. The molecular weight excluding hydrogens is 434 g/mol. The summed E-state index contributed by atoms with van der Waals surface area (Å²) < 4.78 is 2.46. The molecule has 0 atom stereocenters. The maximum atomic E-state index is 9.73. The minimum absolute atomic E-state index is 0.366. The summed E-state index contributed by atoms with van der Waals surface area (Å²) in [5.74, 6) is 2.99. The summed E-state index contributed by atoms with van der Waals surface area (Å²) in [6.45, 7) is 0. The van der Waals surface area contributed by atoms with Gasteiger partial charge in [-0.25, -0.2) is 14.6 Å². The Labute approximate surface area is 166 Å². The van der Waals surface area contributed by atoms with Crippen molar-refractivity contribution in [2.24, 2.45) is 7.05 Å². The Morgan fingerprint density at radius 2 is 2.04 bits per heavy atom. The van der Waals surface area contributed by atoms with Gasteiger partial charge in [0.1, 0.15) is 16.7 Å². The van der Waals surface area contributed by atoms with Crippen molar-refractivity contribution in [2.45, 2.75) is 15.3 Å². The molecular formula is C16H10BrN7S2. The number of hydrogen-bond donors (Lipinski definition) is 0. The number of tetrazole rings is 1. The fraction of sp³-hybridized carbons (Fsp3) is 0.125. The van der Waals surface area contributed by atoms with Crippen molar-refractivity contribution in [3.63, 3.8) is 0 Å². The van der Waals surface area contributed by atoms with Crippen molar-refractivity contribution in [3.8, 4) is 29.7 Å². The van der Waals surface area contributed by atoms with Gasteiger partial charge in [0, 0.05) is 17.1 Å². The highest BCUT2D eigenvalue weighted by Gasteiger charge is 2.19. The second-order valence-corrected chi connectivity index (χ2v) is 7.65. The van der Waals surface area contributed by atoms with E-state index in [2.05, 4.69) is 53.4 Å². The Kier molecular flexibility index (Phi) is 5.89. The largest absolute Gasteiger partial charge is 0.223 e. The first kappa shape index (κ1) is 18.4. The van der Waals surface area contributed by atoms with Crippen molar-refractivity contribution in [1.29, 1.82) is 5.26 Å². The number of benzene rings is 1. The van der Waals surface area contributed by atoms with Crippen LogP contribution in [0.3, 0.4) is 0 Å². The molecule has 1 aromatic carbocycles. The summed E-state index contributed by atoms with van der Waals surface area (Å²) in [5, 5.41) is 22.6. The molecule has 0 fully saturated rings. The molecule has 0 aliphatic carbocycles. The van der Waals surface area contributed by atoms with Crippen LogP contribution in [0.25, 0.3) is 11.3 Å². The van der Waals surface area contributed by atoms with Gasteiger partial charge in [-0.05, 0) is 34.3 Å². The van der Waals surface area contributed by atoms with E-state index in [0.29, 0.717) is 32.3 Å². The molecule has 0 aliphatic heterocycles. The number of terminal acetylenes is 1. The van der Waals surface area contributed by atoms with Gasteiger partial charge in [-0.15, -0.1) is 11.5 Å². The average Bonchev–Trinajstić information content (AvgIpc) is 3.05. The van der Waals surface area contributed by atoms with Crippen LogP contribution in [-0.4, -0.2) is 35.9 Å². The Bertz CT molecular complexity index is 1020. The van der Waals surface area contributed by atoms with Crippen LogP contribution in [-0.2, 0) is 7.05 Å². The molecule has 7 nitrogen and oxygen atoms in total. The van der Waals surface area contributed by atoms with Crippen molar-refractivity contribution in [2.75, 3.05) is 5.75 Å². The summed E-state index contributed by atoms with van der Waals surface area (Å²) >= 11 is 5.96. The lowest BCUT2D eigenvalue weighted by Gasteiger charge is -2.10. The van der Waals surface area contributed by atoms with E-state index < -0.39 is 0 Å². The number of rotatable bonds is 5. The molecule has 0 bridgehead atoms.